The third kappa shape index (κ3) is 3.60. The van der Waals surface area contributed by atoms with Gasteiger partial charge in [-0.15, -0.1) is 0 Å². The molecular formula is C20H25N3O4S. The van der Waals surface area contributed by atoms with Gasteiger partial charge in [0.05, 0.1) is 11.0 Å². The molecule has 2 aliphatic carbocycles. The Hall–Kier alpha value is -1.77. The minimum atomic E-state index is -3.49. The maximum atomic E-state index is 13.1. The van der Waals surface area contributed by atoms with Crippen LogP contribution in [0.2, 0.25) is 0 Å². The van der Waals surface area contributed by atoms with Gasteiger partial charge in [0, 0.05) is 19.0 Å². The molecule has 1 aliphatic heterocycles. The minimum Gasteiger partial charge on any atom is -0.369 e. The summed E-state index contributed by atoms with van der Waals surface area (Å²) in [5.41, 5.74) is 2.46. The first kappa shape index (κ1) is 18.3. The molecule has 1 aromatic heterocycles. The fourth-order valence-electron chi connectivity index (χ4n) is 4.13. The number of piperidine rings is 1. The van der Waals surface area contributed by atoms with Gasteiger partial charge in [0.15, 0.2) is 5.82 Å². The van der Waals surface area contributed by atoms with Crippen LogP contribution in [-0.2, 0) is 34.2 Å². The van der Waals surface area contributed by atoms with Crippen molar-refractivity contribution in [2.75, 3.05) is 13.1 Å². The summed E-state index contributed by atoms with van der Waals surface area (Å²) in [4.78, 5) is 4.77. The second-order valence-corrected chi connectivity index (χ2v) is 9.98. The molecule has 5 rings (SSSR count). The number of ether oxygens (including phenoxy) is 1. The second-order valence-electron chi connectivity index (χ2n) is 8.05. The molecule has 8 heteroatoms. The molecule has 0 radical (unpaired) electrons. The highest BCUT2D eigenvalue weighted by molar-refractivity contribution is 7.89. The molecule has 0 bridgehead atoms. The molecule has 1 saturated carbocycles. The Bertz CT molecular complexity index is 968. The number of rotatable bonds is 6. The Morgan fingerprint density at radius 2 is 2.00 bits per heavy atom. The van der Waals surface area contributed by atoms with Crippen molar-refractivity contribution >= 4 is 10.0 Å². The van der Waals surface area contributed by atoms with Crippen LogP contribution in [0.25, 0.3) is 0 Å². The first-order valence-electron chi connectivity index (χ1n) is 10.2. The Balaban J connectivity index is 1.24. The smallest absolute Gasteiger partial charge is 0.243 e. The lowest BCUT2D eigenvalue weighted by molar-refractivity contribution is 0.00438. The summed E-state index contributed by atoms with van der Waals surface area (Å²) >= 11 is 0. The molecule has 1 unspecified atom stereocenters. The van der Waals surface area contributed by atoms with Gasteiger partial charge in [-0.25, -0.2) is 8.42 Å². The van der Waals surface area contributed by atoms with Crippen LogP contribution >= 0.6 is 0 Å². The quantitative estimate of drug-likeness (QED) is 0.737. The Morgan fingerprint density at radius 3 is 2.86 bits per heavy atom. The maximum Gasteiger partial charge on any atom is 0.243 e. The predicted octanol–water partition coefficient (Wildman–Crippen LogP) is 2.81. The summed E-state index contributed by atoms with van der Waals surface area (Å²) in [5.74, 6) is 1.66. The van der Waals surface area contributed by atoms with Crippen LogP contribution in [0, 0.1) is 0 Å². The van der Waals surface area contributed by atoms with E-state index in [1.807, 2.05) is 12.1 Å². The van der Waals surface area contributed by atoms with Crippen LogP contribution in [0.3, 0.4) is 0 Å². The Kier molecular flexibility index (Phi) is 4.72. The molecule has 150 valence electrons. The van der Waals surface area contributed by atoms with Crippen molar-refractivity contribution in [2.45, 2.75) is 68.5 Å². The van der Waals surface area contributed by atoms with Gasteiger partial charge >= 0.3 is 0 Å². The molecule has 2 fully saturated rings. The van der Waals surface area contributed by atoms with Crippen LogP contribution < -0.4 is 0 Å². The summed E-state index contributed by atoms with van der Waals surface area (Å²) in [6.07, 6.45) is 6.82. The summed E-state index contributed by atoms with van der Waals surface area (Å²) in [6.45, 7) is 1.16. The van der Waals surface area contributed by atoms with Crippen molar-refractivity contribution in [3.63, 3.8) is 0 Å². The van der Waals surface area contributed by atoms with E-state index < -0.39 is 10.0 Å². The fourth-order valence-corrected chi connectivity index (χ4v) is 5.69. The molecule has 2 aromatic rings. The molecule has 28 heavy (non-hydrogen) atoms. The topological polar surface area (TPSA) is 85.5 Å². The standard InChI is InChI=1S/C20H25N3O4S/c24-28(25,18-9-8-14-3-1-4-16(14)11-18)23-10-2-5-17(12-23)26-13-19-21-20(27-22-19)15-6-7-15/h8-9,11,15,17H,1-7,10,12-13H2. The van der Waals surface area contributed by atoms with Crippen molar-refractivity contribution in [3.8, 4) is 0 Å². The zero-order valence-corrected chi connectivity index (χ0v) is 16.7. The van der Waals surface area contributed by atoms with Gasteiger partial charge < -0.3 is 9.26 Å². The van der Waals surface area contributed by atoms with Gasteiger partial charge in [0.25, 0.3) is 0 Å². The van der Waals surface area contributed by atoms with Crippen molar-refractivity contribution in [1.29, 1.82) is 0 Å². The maximum absolute atomic E-state index is 13.1. The molecule has 0 spiro atoms. The lowest BCUT2D eigenvalue weighted by Crippen LogP contribution is -2.43. The average Bonchev–Trinajstić information content (AvgIpc) is 3.26. The van der Waals surface area contributed by atoms with E-state index in [4.69, 9.17) is 9.26 Å². The van der Waals surface area contributed by atoms with Crippen LogP contribution in [-0.4, -0.2) is 42.1 Å². The fraction of sp³-hybridized carbons (Fsp3) is 0.600. The molecule has 1 aromatic carbocycles. The van der Waals surface area contributed by atoms with E-state index in [2.05, 4.69) is 10.1 Å². The monoisotopic (exact) mass is 403 g/mol. The normalized spacial score (nSPS) is 23.1. The molecule has 0 amide bonds. The van der Waals surface area contributed by atoms with Gasteiger partial charge in [0.1, 0.15) is 6.61 Å². The van der Waals surface area contributed by atoms with Gasteiger partial charge in [-0.3, -0.25) is 0 Å². The zero-order chi connectivity index (χ0) is 19.1. The van der Waals surface area contributed by atoms with E-state index in [0.29, 0.717) is 35.6 Å². The van der Waals surface area contributed by atoms with Crippen molar-refractivity contribution < 1.29 is 17.7 Å². The van der Waals surface area contributed by atoms with Crippen LogP contribution in [0.1, 0.15) is 60.9 Å². The number of fused-ring (bicyclic) bond motifs is 1. The Labute approximate surface area is 165 Å². The van der Waals surface area contributed by atoms with Crippen LogP contribution in [0.15, 0.2) is 27.6 Å². The van der Waals surface area contributed by atoms with E-state index in [1.165, 1.54) is 11.1 Å². The number of hydrogen-bond acceptors (Lipinski definition) is 6. The van der Waals surface area contributed by atoms with E-state index in [9.17, 15) is 8.42 Å². The van der Waals surface area contributed by atoms with E-state index in [0.717, 1.165) is 44.9 Å². The predicted molar refractivity (Wildman–Crippen MR) is 101 cm³/mol. The molecule has 7 nitrogen and oxygen atoms in total. The van der Waals surface area contributed by atoms with Gasteiger partial charge in [-0.05, 0) is 68.2 Å². The van der Waals surface area contributed by atoms with E-state index in [1.54, 1.807) is 10.4 Å². The highest BCUT2D eigenvalue weighted by atomic mass is 32.2. The average molecular weight is 404 g/mol. The summed E-state index contributed by atoms with van der Waals surface area (Å²) in [6, 6.07) is 5.59. The zero-order valence-electron chi connectivity index (χ0n) is 15.8. The third-order valence-corrected chi connectivity index (χ3v) is 7.77. The van der Waals surface area contributed by atoms with E-state index >= 15 is 0 Å². The van der Waals surface area contributed by atoms with Gasteiger partial charge in [0.2, 0.25) is 15.9 Å². The summed E-state index contributed by atoms with van der Waals surface area (Å²) in [7, 11) is -3.49. The van der Waals surface area contributed by atoms with Crippen LogP contribution in [0.4, 0.5) is 0 Å². The molecule has 2 heterocycles. The largest absolute Gasteiger partial charge is 0.369 e. The van der Waals surface area contributed by atoms with Gasteiger partial charge in [-0.2, -0.15) is 9.29 Å². The molecule has 3 aliphatic rings. The minimum absolute atomic E-state index is 0.152. The molecular weight excluding hydrogens is 378 g/mol. The molecule has 0 N–H and O–H groups in total. The van der Waals surface area contributed by atoms with Crippen LogP contribution in [0.5, 0.6) is 0 Å². The highest BCUT2D eigenvalue weighted by Gasteiger charge is 2.32. The number of benzene rings is 1. The highest BCUT2D eigenvalue weighted by Crippen LogP contribution is 2.38. The van der Waals surface area contributed by atoms with E-state index in [-0.39, 0.29) is 12.7 Å². The van der Waals surface area contributed by atoms with Crippen molar-refractivity contribution in [2.24, 2.45) is 0 Å². The lowest BCUT2D eigenvalue weighted by Gasteiger charge is -2.31. The van der Waals surface area contributed by atoms with Crippen molar-refractivity contribution in [1.82, 2.24) is 14.4 Å². The molecule has 1 saturated heterocycles. The number of aromatic nitrogens is 2. The number of sulfonamides is 1. The summed E-state index contributed by atoms with van der Waals surface area (Å²) < 4.78 is 39.0. The molecule has 1 atom stereocenters. The first-order valence-corrected chi connectivity index (χ1v) is 11.6. The number of aryl methyl sites for hydroxylation is 2. The lowest BCUT2D eigenvalue weighted by atomic mass is 10.1. The Morgan fingerprint density at radius 1 is 1.14 bits per heavy atom. The SMILES string of the molecule is O=S(=O)(c1ccc2c(c1)CCC2)N1CCCC(OCc2noc(C3CC3)n2)C1. The first-order chi connectivity index (χ1) is 13.6. The number of hydrogen-bond donors (Lipinski definition) is 0. The third-order valence-electron chi connectivity index (χ3n) is 5.91. The van der Waals surface area contributed by atoms with Crippen molar-refractivity contribution in [3.05, 3.63) is 41.0 Å². The summed E-state index contributed by atoms with van der Waals surface area (Å²) in [5, 5.41) is 3.97. The second kappa shape index (κ2) is 7.24. The number of nitrogens with zero attached hydrogens (tertiary/aromatic N) is 3. The van der Waals surface area contributed by atoms with Gasteiger partial charge in [-0.1, -0.05) is 11.2 Å².